The summed E-state index contributed by atoms with van der Waals surface area (Å²) in [5, 5.41) is 7.21. The summed E-state index contributed by atoms with van der Waals surface area (Å²) in [5.41, 5.74) is 1.03. The van der Waals surface area contributed by atoms with E-state index in [-0.39, 0.29) is 17.8 Å². The molecule has 0 spiro atoms. The first-order valence-electron chi connectivity index (χ1n) is 10.8. The number of carbonyl (C=O) groups is 1. The van der Waals surface area contributed by atoms with Gasteiger partial charge in [0.2, 0.25) is 5.91 Å². The SMILES string of the molecule is COc1cccc(CC2(C(=O)NC3CC4CCC(C3)N4)CC3CCC2C3)c1.Cl. The van der Waals surface area contributed by atoms with E-state index in [9.17, 15) is 4.79 Å². The third-order valence-corrected chi connectivity index (χ3v) is 7.89. The van der Waals surface area contributed by atoms with Crippen molar-refractivity contribution >= 4 is 18.3 Å². The van der Waals surface area contributed by atoms with E-state index < -0.39 is 0 Å². The predicted octanol–water partition coefficient (Wildman–Crippen LogP) is 3.87. The molecule has 4 bridgehead atoms. The van der Waals surface area contributed by atoms with Gasteiger partial charge in [-0.15, -0.1) is 12.4 Å². The zero-order valence-corrected chi connectivity index (χ0v) is 17.6. The van der Waals surface area contributed by atoms with Crippen LogP contribution >= 0.6 is 12.4 Å². The van der Waals surface area contributed by atoms with Crippen LogP contribution in [-0.4, -0.2) is 31.1 Å². The van der Waals surface area contributed by atoms with Gasteiger partial charge in [-0.1, -0.05) is 18.6 Å². The number of halogens is 1. The Balaban J connectivity index is 0.00000192. The zero-order valence-electron chi connectivity index (χ0n) is 16.8. The Hall–Kier alpha value is -1.26. The van der Waals surface area contributed by atoms with Gasteiger partial charge in [0.15, 0.2) is 0 Å². The van der Waals surface area contributed by atoms with Crippen LogP contribution in [0.4, 0.5) is 0 Å². The van der Waals surface area contributed by atoms with Crippen molar-refractivity contribution < 1.29 is 9.53 Å². The molecule has 5 rings (SSSR count). The maximum atomic E-state index is 13.7. The number of nitrogens with one attached hydrogen (secondary N) is 2. The van der Waals surface area contributed by atoms with Crippen LogP contribution in [-0.2, 0) is 11.2 Å². The normalized spacial score (nSPS) is 38.1. The average Bonchev–Trinajstić information content (AvgIpc) is 3.37. The van der Waals surface area contributed by atoms with Gasteiger partial charge in [-0.05, 0) is 80.9 Å². The van der Waals surface area contributed by atoms with E-state index in [1.165, 1.54) is 37.7 Å². The van der Waals surface area contributed by atoms with Gasteiger partial charge in [-0.25, -0.2) is 0 Å². The molecule has 2 N–H and O–H groups in total. The van der Waals surface area contributed by atoms with Crippen molar-refractivity contribution in [1.29, 1.82) is 0 Å². The molecule has 2 heterocycles. The molecule has 2 aliphatic carbocycles. The lowest BCUT2D eigenvalue weighted by atomic mass is 9.68. The molecular formula is C23H33ClN2O2. The Morgan fingerprint density at radius 3 is 2.61 bits per heavy atom. The number of rotatable bonds is 5. The second-order valence-electron chi connectivity index (χ2n) is 9.54. The van der Waals surface area contributed by atoms with Gasteiger partial charge in [0.05, 0.1) is 12.5 Å². The summed E-state index contributed by atoms with van der Waals surface area (Å²) < 4.78 is 5.42. The topological polar surface area (TPSA) is 50.4 Å². The third kappa shape index (κ3) is 3.54. The molecule has 0 aromatic heterocycles. The van der Waals surface area contributed by atoms with Crippen LogP contribution in [0.2, 0.25) is 0 Å². The van der Waals surface area contributed by atoms with Crippen LogP contribution in [0.3, 0.4) is 0 Å². The first kappa shape index (κ1) is 20.0. The highest BCUT2D eigenvalue weighted by atomic mass is 35.5. The lowest BCUT2D eigenvalue weighted by molar-refractivity contribution is -0.135. The number of piperidine rings is 1. The molecule has 1 amide bonds. The smallest absolute Gasteiger partial charge is 0.227 e. The Kier molecular flexibility index (Phi) is 5.63. The fourth-order valence-electron chi connectivity index (χ4n) is 6.67. The number of ether oxygens (including phenoxy) is 1. The molecule has 28 heavy (non-hydrogen) atoms. The molecule has 2 saturated heterocycles. The molecule has 1 aromatic carbocycles. The number of hydrogen-bond donors (Lipinski definition) is 2. The van der Waals surface area contributed by atoms with E-state index in [1.54, 1.807) is 7.11 Å². The molecular weight excluding hydrogens is 372 g/mol. The maximum absolute atomic E-state index is 13.7. The van der Waals surface area contributed by atoms with E-state index in [2.05, 4.69) is 28.8 Å². The second kappa shape index (κ2) is 7.87. The first-order valence-corrected chi connectivity index (χ1v) is 10.8. The van der Waals surface area contributed by atoms with Crippen LogP contribution in [0, 0.1) is 17.3 Å². The molecule has 2 aliphatic heterocycles. The molecule has 4 nitrogen and oxygen atoms in total. The summed E-state index contributed by atoms with van der Waals surface area (Å²) in [6.45, 7) is 0. The van der Waals surface area contributed by atoms with Gasteiger partial charge in [-0.2, -0.15) is 0 Å². The standard InChI is InChI=1S/C23H32N2O2.ClH/c1-27-21-4-2-3-15(10-21)13-23(14-16-5-6-17(23)9-16)22(26)25-20-11-18-7-8-19(12-20)24-18;/h2-4,10,16-20,24H,5-9,11-14H2,1H3,(H,25,26);1H. The molecule has 5 unspecified atom stereocenters. The molecule has 5 atom stereocenters. The Bertz CT molecular complexity index is 714. The molecule has 4 fully saturated rings. The van der Waals surface area contributed by atoms with Crippen LogP contribution in [0.1, 0.15) is 56.9 Å². The van der Waals surface area contributed by atoms with E-state index in [0.717, 1.165) is 37.4 Å². The molecule has 0 radical (unpaired) electrons. The Morgan fingerprint density at radius 2 is 1.96 bits per heavy atom. The average molecular weight is 405 g/mol. The summed E-state index contributed by atoms with van der Waals surface area (Å²) in [6.07, 6.45) is 10.5. The largest absolute Gasteiger partial charge is 0.497 e. The zero-order chi connectivity index (χ0) is 18.4. The van der Waals surface area contributed by atoms with Crippen LogP contribution < -0.4 is 15.4 Å². The lowest BCUT2D eigenvalue weighted by Crippen LogP contribution is -2.53. The fourth-order valence-corrected chi connectivity index (χ4v) is 6.67. The fraction of sp³-hybridized carbons (Fsp3) is 0.696. The molecule has 4 aliphatic rings. The molecule has 2 saturated carbocycles. The van der Waals surface area contributed by atoms with Crippen molar-refractivity contribution in [2.75, 3.05) is 7.11 Å². The van der Waals surface area contributed by atoms with Gasteiger partial charge < -0.3 is 15.4 Å². The van der Waals surface area contributed by atoms with E-state index in [4.69, 9.17) is 4.74 Å². The number of fused-ring (bicyclic) bond motifs is 4. The summed E-state index contributed by atoms with van der Waals surface area (Å²) in [7, 11) is 1.71. The summed E-state index contributed by atoms with van der Waals surface area (Å²) in [5.74, 6) is 2.52. The predicted molar refractivity (Wildman–Crippen MR) is 113 cm³/mol. The number of methoxy groups -OCH3 is 1. The minimum absolute atomic E-state index is 0. The van der Waals surface area contributed by atoms with Gasteiger partial charge >= 0.3 is 0 Å². The monoisotopic (exact) mass is 404 g/mol. The minimum atomic E-state index is -0.209. The van der Waals surface area contributed by atoms with E-state index in [1.807, 2.05) is 6.07 Å². The van der Waals surface area contributed by atoms with E-state index in [0.29, 0.717) is 30.0 Å². The highest BCUT2D eigenvalue weighted by Crippen LogP contribution is 2.57. The number of benzene rings is 1. The van der Waals surface area contributed by atoms with Crippen molar-refractivity contribution in [3.05, 3.63) is 29.8 Å². The lowest BCUT2D eigenvalue weighted by Gasteiger charge is -2.39. The third-order valence-electron chi connectivity index (χ3n) is 7.89. The number of hydrogen-bond acceptors (Lipinski definition) is 3. The first-order chi connectivity index (χ1) is 13.1. The van der Waals surface area contributed by atoms with Crippen molar-refractivity contribution in [3.8, 4) is 5.75 Å². The van der Waals surface area contributed by atoms with E-state index >= 15 is 0 Å². The molecule has 154 valence electrons. The van der Waals surface area contributed by atoms with Crippen molar-refractivity contribution in [3.63, 3.8) is 0 Å². The van der Waals surface area contributed by atoms with Gasteiger partial charge in [0, 0.05) is 18.1 Å². The van der Waals surface area contributed by atoms with Crippen LogP contribution in [0.25, 0.3) is 0 Å². The molecule has 5 heteroatoms. The number of amides is 1. The van der Waals surface area contributed by atoms with Gasteiger partial charge in [0.1, 0.15) is 5.75 Å². The van der Waals surface area contributed by atoms with Gasteiger partial charge in [-0.3, -0.25) is 4.79 Å². The molecule has 1 aromatic rings. The Morgan fingerprint density at radius 1 is 1.18 bits per heavy atom. The van der Waals surface area contributed by atoms with Crippen LogP contribution in [0.5, 0.6) is 5.75 Å². The highest BCUT2D eigenvalue weighted by Gasteiger charge is 2.55. The minimum Gasteiger partial charge on any atom is -0.497 e. The van der Waals surface area contributed by atoms with Crippen molar-refractivity contribution in [2.24, 2.45) is 17.3 Å². The highest BCUT2D eigenvalue weighted by molar-refractivity contribution is 5.85. The summed E-state index contributed by atoms with van der Waals surface area (Å²) in [6, 6.07) is 9.91. The second-order valence-corrected chi connectivity index (χ2v) is 9.54. The quantitative estimate of drug-likeness (QED) is 0.783. The van der Waals surface area contributed by atoms with Gasteiger partial charge in [0.25, 0.3) is 0 Å². The van der Waals surface area contributed by atoms with Crippen molar-refractivity contribution in [2.45, 2.75) is 75.9 Å². The number of carbonyl (C=O) groups excluding carboxylic acids is 1. The Labute approximate surface area is 174 Å². The summed E-state index contributed by atoms with van der Waals surface area (Å²) in [4.78, 5) is 13.7. The van der Waals surface area contributed by atoms with Crippen LogP contribution in [0.15, 0.2) is 24.3 Å². The maximum Gasteiger partial charge on any atom is 0.227 e. The van der Waals surface area contributed by atoms with Crippen molar-refractivity contribution in [1.82, 2.24) is 10.6 Å². The summed E-state index contributed by atoms with van der Waals surface area (Å²) >= 11 is 0.